The number of thiophene rings is 1. The molecule has 21 heavy (non-hydrogen) atoms. The second-order valence-electron chi connectivity index (χ2n) is 6.05. The number of benzene rings is 1. The van der Waals surface area contributed by atoms with Crippen LogP contribution in [-0.4, -0.2) is 19.6 Å². The third-order valence-corrected chi connectivity index (χ3v) is 5.55. The average Bonchev–Trinajstić information content (AvgIpc) is 2.79. The van der Waals surface area contributed by atoms with Crippen LogP contribution in [0.2, 0.25) is 0 Å². The molecule has 1 aromatic carbocycles. The van der Waals surface area contributed by atoms with Crippen LogP contribution in [0, 0.1) is 5.41 Å². The molecule has 1 heterocycles. The second-order valence-corrected chi connectivity index (χ2v) is 7.11. The van der Waals surface area contributed by atoms with Crippen LogP contribution in [0.3, 0.4) is 0 Å². The number of amides is 1. The maximum atomic E-state index is 12.4. The number of hydrogen-bond acceptors (Lipinski definition) is 4. The maximum absolute atomic E-state index is 12.4. The summed E-state index contributed by atoms with van der Waals surface area (Å²) in [5, 5.41) is 3.95. The molecule has 1 aromatic heterocycles. The Kier molecular flexibility index (Phi) is 3.53. The molecule has 3 rings (SSSR count). The van der Waals surface area contributed by atoms with Crippen LogP contribution in [0.4, 0.5) is 5.69 Å². The van der Waals surface area contributed by atoms with E-state index in [9.17, 15) is 4.79 Å². The van der Waals surface area contributed by atoms with E-state index < -0.39 is 0 Å². The van der Waals surface area contributed by atoms with E-state index in [1.54, 1.807) is 7.11 Å². The minimum absolute atomic E-state index is 0.0687. The van der Waals surface area contributed by atoms with E-state index in [1.165, 1.54) is 30.6 Å². The van der Waals surface area contributed by atoms with Crippen molar-refractivity contribution in [3.05, 3.63) is 23.1 Å². The van der Waals surface area contributed by atoms with E-state index in [0.717, 1.165) is 22.4 Å². The van der Waals surface area contributed by atoms with Crippen molar-refractivity contribution < 1.29 is 9.53 Å². The SMILES string of the molecule is COc1ccc2c(N)c(C(=O)NCC3(C)CCC3)sc2c1. The first kappa shape index (κ1) is 14.2. The Labute approximate surface area is 128 Å². The lowest BCUT2D eigenvalue weighted by atomic mass is 9.70. The number of nitrogens with two attached hydrogens (primary N) is 1. The minimum atomic E-state index is -0.0687. The lowest BCUT2D eigenvalue weighted by molar-refractivity contribution is 0.0895. The van der Waals surface area contributed by atoms with Crippen LogP contribution in [-0.2, 0) is 0 Å². The highest BCUT2D eigenvalue weighted by Crippen LogP contribution is 2.40. The van der Waals surface area contributed by atoms with Gasteiger partial charge in [0.2, 0.25) is 0 Å². The molecule has 0 unspecified atom stereocenters. The van der Waals surface area contributed by atoms with Gasteiger partial charge in [0, 0.05) is 16.6 Å². The predicted molar refractivity (Wildman–Crippen MR) is 87.1 cm³/mol. The van der Waals surface area contributed by atoms with Crippen molar-refractivity contribution in [2.75, 3.05) is 19.4 Å². The van der Waals surface area contributed by atoms with Gasteiger partial charge in [-0.1, -0.05) is 13.3 Å². The Morgan fingerprint density at radius 1 is 1.48 bits per heavy atom. The molecule has 0 saturated heterocycles. The van der Waals surface area contributed by atoms with Crippen molar-refractivity contribution >= 4 is 33.0 Å². The van der Waals surface area contributed by atoms with Crippen molar-refractivity contribution in [1.82, 2.24) is 5.32 Å². The van der Waals surface area contributed by atoms with Gasteiger partial charge in [0.05, 0.1) is 12.8 Å². The van der Waals surface area contributed by atoms with Gasteiger partial charge in [0.25, 0.3) is 5.91 Å². The first-order valence-electron chi connectivity index (χ1n) is 7.17. The first-order chi connectivity index (χ1) is 10.0. The Hall–Kier alpha value is -1.75. The fourth-order valence-corrected chi connectivity index (χ4v) is 3.79. The Morgan fingerprint density at radius 3 is 2.86 bits per heavy atom. The van der Waals surface area contributed by atoms with Gasteiger partial charge in [-0.25, -0.2) is 0 Å². The lowest BCUT2D eigenvalue weighted by Gasteiger charge is -2.38. The second kappa shape index (κ2) is 5.22. The normalized spacial score (nSPS) is 16.5. The molecular formula is C16H20N2O2S. The summed E-state index contributed by atoms with van der Waals surface area (Å²) in [6.45, 7) is 2.94. The Bertz CT molecular complexity index is 689. The number of rotatable bonds is 4. The molecule has 1 fully saturated rings. The van der Waals surface area contributed by atoms with E-state index in [2.05, 4.69) is 12.2 Å². The van der Waals surface area contributed by atoms with Crippen molar-refractivity contribution in [2.45, 2.75) is 26.2 Å². The maximum Gasteiger partial charge on any atom is 0.263 e. The predicted octanol–water partition coefficient (Wildman–Crippen LogP) is 3.41. The summed E-state index contributed by atoms with van der Waals surface area (Å²) in [5.41, 5.74) is 6.96. The first-order valence-corrected chi connectivity index (χ1v) is 7.98. The molecule has 0 aliphatic heterocycles. The summed E-state index contributed by atoms with van der Waals surface area (Å²) in [6.07, 6.45) is 3.63. The largest absolute Gasteiger partial charge is 0.497 e. The van der Waals surface area contributed by atoms with Gasteiger partial charge in [-0.05, 0) is 36.5 Å². The fourth-order valence-electron chi connectivity index (χ4n) is 2.72. The smallest absolute Gasteiger partial charge is 0.263 e. The molecule has 1 saturated carbocycles. The van der Waals surface area contributed by atoms with Crippen LogP contribution >= 0.6 is 11.3 Å². The molecule has 1 amide bonds. The molecule has 1 aliphatic rings. The van der Waals surface area contributed by atoms with Crippen molar-refractivity contribution in [3.8, 4) is 5.75 Å². The summed E-state index contributed by atoms with van der Waals surface area (Å²) in [4.78, 5) is 13.0. The summed E-state index contributed by atoms with van der Waals surface area (Å²) < 4.78 is 6.19. The van der Waals surface area contributed by atoms with Gasteiger partial charge in [0.1, 0.15) is 10.6 Å². The van der Waals surface area contributed by atoms with Gasteiger partial charge < -0.3 is 15.8 Å². The van der Waals surface area contributed by atoms with Crippen molar-refractivity contribution in [2.24, 2.45) is 5.41 Å². The Morgan fingerprint density at radius 2 is 2.24 bits per heavy atom. The molecule has 0 bridgehead atoms. The Balaban J connectivity index is 1.82. The lowest BCUT2D eigenvalue weighted by Crippen LogP contribution is -2.39. The van der Waals surface area contributed by atoms with E-state index in [1.807, 2.05) is 18.2 Å². The zero-order chi connectivity index (χ0) is 15.0. The molecule has 1 aliphatic carbocycles. The molecule has 5 heteroatoms. The van der Waals surface area contributed by atoms with E-state index in [-0.39, 0.29) is 11.3 Å². The fraction of sp³-hybridized carbons (Fsp3) is 0.438. The monoisotopic (exact) mass is 304 g/mol. The number of methoxy groups -OCH3 is 1. The molecule has 0 radical (unpaired) electrons. The molecule has 2 aromatic rings. The highest BCUT2D eigenvalue weighted by molar-refractivity contribution is 7.21. The molecule has 0 atom stereocenters. The van der Waals surface area contributed by atoms with Gasteiger partial charge in [-0.15, -0.1) is 11.3 Å². The third-order valence-electron chi connectivity index (χ3n) is 4.38. The topological polar surface area (TPSA) is 64.3 Å². The quantitative estimate of drug-likeness (QED) is 0.909. The number of hydrogen-bond donors (Lipinski definition) is 2. The zero-order valence-electron chi connectivity index (χ0n) is 12.4. The van der Waals surface area contributed by atoms with Gasteiger partial charge in [-0.2, -0.15) is 0 Å². The summed E-state index contributed by atoms with van der Waals surface area (Å²) >= 11 is 1.42. The average molecular weight is 304 g/mol. The van der Waals surface area contributed by atoms with E-state index in [4.69, 9.17) is 10.5 Å². The number of fused-ring (bicyclic) bond motifs is 1. The number of anilines is 1. The van der Waals surface area contributed by atoms with Crippen molar-refractivity contribution in [1.29, 1.82) is 0 Å². The van der Waals surface area contributed by atoms with E-state index >= 15 is 0 Å². The standard InChI is InChI=1S/C16H20N2O2S/c1-16(6-3-7-16)9-18-15(19)14-13(17)11-5-4-10(20-2)8-12(11)21-14/h4-5,8H,3,6-7,9,17H2,1-2H3,(H,18,19). The zero-order valence-corrected chi connectivity index (χ0v) is 13.2. The van der Waals surface area contributed by atoms with Gasteiger partial charge in [-0.3, -0.25) is 4.79 Å². The van der Waals surface area contributed by atoms with Gasteiger partial charge in [0.15, 0.2) is 0 Å². The molecule has 3 N–H and O–H groups in total. The number of carbonyl (C=O) groups is 1. The van der Waals surface area contributed by atoms with Crippen LogP contribution in [0.25, 0.3) is 10.1 Å². The van der Waals surface area contributed by atoms with Crippen LogP contribution in [0.1, 0.15) is 35.9 Å². The summed E-state index contributed by atoms with van der Waals surface area (Å²) in [5.74, 6) is 0.707. The van der Waals surface area contributed by atoms with E-state index in [0.29, 0.717) is 10.6 Å². The molecule has 112 valence electrons. The summed E-state index contributed by atoms with van der Waals surface area (Å²) in [6, 6.07) is 5.69. The van der Waals surface area contributed by atoms with Crippen LogP contribution < -0.4 is 15.8 Å². The minimum Gasteiger partial charge on any atom is -0.497 e. The molecule has 0 spiro atoms. The van der Waals surface area contributed by atoms with Crippen molar-refractivity contribution in [3.63, 3.8) is 0 Å². The number of ether oxygens (including phenoxy) is 1. The summed E-state index contributed by atoms with van der Waals surface area (Å²) in [7, 11) is 1.63. The highest BCUT2D eigenvalue weighted by Gasteiger charge is 2.32. The number of nitrogen functional groups attached to an aromatic ring is 1. The molecule has 4 nitrogen and oxygen atoms in total. The highest BCUT2D eigenvalue weighted by atomic mass is 32.1. The van der Waals surface area contributed by atoms with Gasteiger partial charge >= 0.3 is 0 Å². The number of nitrogens with one attached hydrogen (secondary N) is 1. The van der Waals surface area contributed by atoms with Crippen LogP contribution in [0.15, 0.2) is 18.2 Å². The third kappa shape index (κ3) is 2.58. The molecular weight excluding hydrogens is 284 g/mol. The van der Waals surface area contributed by atoms with Crippen LogP contribution in [0.5, 0.6) is 5.75 Å². The number of carbonyl (C=O) groups excluding carboxylic acids is 1.